The normalized spacial score (nSPS) is 11.2. The SMILES string of the molecule is C#C/C(=C\CCCC)CCC. The molecule has 0 heterocycles. The summed E-state index contributed by atoms with van der Waals surface area (Å²) in [6.45, 7) is 4.36. The molecule has 0 unspecified atom stereocenters. The van der Waals surface area contributed by atoms with Crippen molar-refractivity contribution in [2.45, 2.75) is 46.0 Å². The van der Waals surface area contributed by atoms with Crippen LogP contribution in [0.4, 0.5) is 0 Å². The van der Waals surface area contributed by atoms with Gasteiger partial charge in [-0.2, -0.15) is 0 Å². The predicted octanol–water partition coefficient (Wildman–Crippen LogP) is 3.54. The van der Waals surface area contributed by atoms with Gasteiger partial charge < -0.3 is 0 Å². The minimum absolute atomic E-state index is 1.07. The third-order valence-electron chi connectivity index (χ3n) is 1.65. The van der Waals surface area contributed by atoms with Crippen LogP contribution in [0.2, 0.25) is 0 Å². The molecular formula is C11H18. The predicted molar refractivity (Wildman–Crippen MR) is 51.3 cm³/mol. The van der Waals surface area contributed by atoms with E-state index in [1.165, 1.54) is 18.4 Å². The molecule has 0 radical (unpaired) electrons. The first-order valence-corrected chi connectivity index (χ1v) is 4.50. The van der Waals surface area contributed by atoms with E-state index in [0.29, 0.717) is 0 Å². The van der Waals surface area contributed by atoms with E-state index in [-0.39, 0.29) is 0 Å². The van der Waals surface area contributed by atoms with Gasteiger partial charge >= 0.3 is 0 Å². The quantitative estimate of drug-likeness (QED) is 0.415. The van der Waals surface area contributed by atoms with Gasteiger partial charge in [0.2, 0.25) is 0 Å². The molecule has 0 saturated heterocycles. The molecule has 0 spiro atoms. The van der Waals surface area contributed by atoms with Gasteiger partial charge in [-0.15, -0.1) is 6.42 Å². The monoisotopic (exact) mass is 150 g/mol. The Morgan fingerprint density at radius 1 is 1.36 bits per heavy atom. The molecule has 0 heteroatoms. The minimum Gasteiger partial charge on any atom is -0.115 e. The van der Waals surface area contributed by atoms with E-state index in [9.17, 15) is 0 Å². The van der Waals surface area contributed by atoms with Gasteiger partial charge in [-0.1, -0.05) is 45.1 Å². The molecular weight excluding hydrogens is 132 g/mol. The Balaban J connectivity index is 3.64. The van der Waals surface area contributed by atoms with Crippen molar-refractivity contribution in [1.82, 2.24) is 0 Å². The van der Waals surface area contributed by atoms with Gasteiger partial charge in [0.25, 0.3) is 0 Å². The van der Waals surface area contributed by atoms with Gasteiger partial charge in [-0.3, -0.25) is 0 Å². The summed E-state index contributed by atoms with van der Waals surface area (Å²) in [6, 6.07) is 0. The van der Waals surface area contributed by atoms with Gasteiger partial charge in [0.15, 0.2) is 0 Å². The molecule has 0 nitrogen and oxygen atoms in total. The van der Waals surface area contributed by atoms with Crippen LogP contribution in [-0.4, -0.2) is 0 Å². The summed E-state index contributed by atoms with van der Waals surface area (Å²) in [5, 5.41) is 0. The molecule has 0 aliphatic carbocycles. The highest BCUT2D eigenvalue weighted by Crippen LogP contribution is 2.06. The molecule has 62 valence electrons. The van der Waals surface area contributed by atoms with Crippen molar-refractivity contribution in [2.24, 2.45) is 0 Å². The van der Waals surface area contributed by atoms with E-state index in [2.05, 4.69) is 25.8 Å². The topological polar surface area (TPSA) is 0 Å². The van der Waals surface area contributed by atoms with Crippen LogP contribution < -0.4 is 0 Å². The maximum absolute atomic E-state index is 5.32. The van der Waals surface area contributed by atoms with E-state index < -0.39 is 0 Å². The highest BCUT2D eigenvalue weighted by molar-refractivity contribution is 5.24. The Kier molecular flexibility index (Phi) is 6.94. The van der Waals surface area contributed by atoms with Crippen molar-refractivity contribution in [3.63, 3.8) is 0 Å². The number of terminal acetylenes is 1. The summed E-state index contributed by atoms with van der Waals surface area (Å²) >= 11 is 0. The molecule has 0 aromatic rings. The van der Waals surface area contributed by atoms with Crippen LogP contribution in [0.25, 0.3) is 0 Å². The van der Waals surface area contributed by atoms with Crippen molar-refractivity contribution < 1.29 is 0 Å². The second kappa shape index (κ2) is 7.41. The molecule has 11 heavy (non-hydrogen) atoms. The van der Waals surface area contributed by atoms with Gasteiger partial charge in [-0.05, 0) is 18.4 Å². The highest BCUT2D eigenvalue weighted by Gasteiger charge is 1.88. The molecule has 0 aliphatic heterocycles. The first-order chi connectivity index (χ1) is 5.35. The standard InChI is InChI=1S/C11H18/c1-4-7-8-10-11(6-3)9-5-2/h3,10H,4-5,7-9H2,1-2H3/b11-10+. The molecule has 0 aromatic heterocycles. The number of unbranched alkanes of at least 4 members (excludes halogenated alkanes) is 2. The lowest BCUT2D eigenvalue weighted by Gasteiger charge is -1.95. The minimum atomic E-state index is 1.07. The molecule has 0 atom stereocenters. The Morgan fingerprint density at radius 2 is 2.09 bits per heavy atom. The molecule has 0 N–H and O–H groups in total. The van der Waals surface area contributed by atoms with E-state index in [4.69, 9.17) is 6.42 Å². The van der Waals surface area contributed by atoms with Crippen LogP contribution in [0.5, 0.6) is 0 Å². The zero-order chi connectivity index (χ0) is 8.53. The molecule has 0 aromatic carbocycles. The van der Waals surface area contributed by atoms with Gasteiger partial charge in [-0.25, -0.2) is 0 Å². The van der Waals surface area contributed by atoms with E-state index in [1.54, 1.807) is 0 Å². The fourth-order valence-electron chi connectivity index (χ4n) is 0.983. The molecule has 0 bridgehead atoms. The first-order valence-electron chi connectivity index (χ1n) is 4.50. The van der Waals surface area contributed by atoms with Gasteiger partial charge in [0.1, 0.15) is 0 Å². The van der Waals surface area contributed by atoms with E-state index in [0.717, 1.165) is 19.3 Å². The Hall–Kier alpha value is -0.700. The van der Waals surface area contributed by atoms with Crippen molar-refractivity contribution in [2.75, 3.05) is 0 Å². The van der Waals surface area contributed by atoms with Crippen LogP contribution in [0.15, 0.2) is 11.6 Å². The van der Waals surface area contributed by atoms with Gasteiger partial charge in [0, 0.05) is 0 Å². The number of hydrogen-bond acceptors (Lipinski definition) is 0. The smallest absolute Gasteiger partial charge is 0.00224 e. The zero-order valence-corrected chi connectivity index (χ0v) is 7.69. The fraction of sp³-hybridized carbons (Fsp3) is 0.636. The lowest BCUT2D eigenvalue weighted by atomic mass is 10.1. The maximum Gasteiger partial charge on any atom is -0.00224 e. The summed E-state index contributed by atoms with van der Waals surface area (Å²) in [4.78, 5) is 0. The summed E-state index contributed by atoms with van der Waals surface area (Å²) in [6.07, 6.45) is 13.4. The second-order valence-electron chi connectivity index (χ2n) is 2.77. The molecule has 0 amide bonds. The molecule has 0 fully saturated rings. The van der Waals surface area contributed by atoms with E-state index in [1.807, 2.05) is 0 Å². The number of hydrogen-bond donors (Lipinski definition) is 0. The largest absolute Gasteiger partial charge is 0.115 e. The second-order valence-corrected chi connectivity index (χ2v) is 2.77. The number of rotatable bonds is 5. The molecule has 0 rings (SSSR count). The van der Waals surface area contributed by atoms with Crippen LogP contribution in [0.3, 0.4) is 0 Å². The lowest BCUT2D eigenvalue weighted by molar-refractivity contribution is 0.806. The Bertz CT molecular complexity index is 146. The van der Waals surface area contributed by atoms with E-state index >= 15 is 0 Å². The zero-order valence-electron chi connectivity index (χ0n) is 7.69. The summed E-state index contributed by atoms with van der Waals surface area (Å²) in [5.41, 5.74) is 1.18. The average molecular weight is 150 g/mol. The molecule has 0 saturated carbocycles. The highest BCUT2D eigenvalue weighted by atomic mass is 13.9. The van der Waals surface area contributed by atoms with Crippen molar-refractivity contribution in [3.05, 3.63) is 11.6 Å². The fourth-order valence-corrected chi connectivity index (χ4v) is 0.983. The third-order valence-corrected chi connectivity index (χ3v) is 1.65. The van der Waals surface area contributed by atoms with Crippen LogP contribution in [-0.2, 0) is 0 Å². The van der Waals surface area contributed by atoms with Crippen molar-refractivity contribution in [3.8, 4) is 12.3 Å². The Labute approximate surface area is 70.7 Å². The number of allylic oxidation sites excluding steroid dienone is 2. The summed E-state index contributed by atoms with van der Waals surface area (Å²) < 4.78 is 0. The third kappa shape index (κ3) is 5.73. The lowest BCUT2D eigenvalue weighted by Crippen LogP contribution is -1.78. The average Bonchev–Trinajstić information content (AvgIpc) is 2.03. The summed E-state index contributed by atoms with van der Waals surface area (Å²) in [5.74, 6) is 2.72. The van der Waals surface area contributed by atoms with Crippen molar-refractivity contribution in [1.29, 1.82) is 0 Å². The first kappa shape index (κ1) is 10.3. The Morgan fingerprint density at radius 3 is 2.55 bits per heavy atom. The summed E-state index contributed by atoms with van der Waals surface area (Å²) in [7, 11) is 0. The molecule has 0 aliphatic rings. The van der Waals surface area contributed by atoms with Crippen LogP contribution in [0.1, 0.15) is 46.0 Å². The van der Waals surface area contributed by atoms with Crippen LogP contribution in [0, 0.1) is 12.3 Å². The van der Waals surface area contributed by atoms with Crippen molar-refractivity contribution >= 4 is 0 Å². The maximum atomic E-state index is 5.32. The van der Waals surface area contributed by atoms with Gasteiger partial charge in [0.05, 0.1) is 0 Å². The van der Waals surface area contributed by atoms with Crippen LogP contribution >= 0.6 is 0 Å².